The molecule has 6 heteroatoms. The van der Waals surface area contributed by atoms with Crippen molar-refractivity contribution < 1.29 is 24.2 Å². The van der Waals surface area contributed by atoms with Crippen LogP contribution >= 0.6 is 0 Å². The molecule has 1 atom stereocenters. The first-order valence-electron chi connectivity index (χ1n) is 5.39. The molecule has 0 saturated carbocycles. The first kappa shape index (κ1) is 12.1. The van der Waals surface area contributed by atoms with Crippen LogP contribution in [0.4, 0.5) is 0 Å². The van der Waals surface area contributed by atoms with Crippen molar-refractivity contribution in [3.8, 4) is 0 Å². The molecule has 6 nitrogen and oxygen atoms in total. The van der Waals surface area contributed by atoms with Gasteiger partial charge >= 0.3 is 11.9 Å². The number of amides is 1. The first-order valence-corrected chi connectivity index (χ1v) is 5.39. The molecule has 0 spiro atoms. The third kappa shape index (κ3) is 2.48. The minimum absolute atomic E-state index is 0.104. The van der Waals surface area contributed by atoms with Gasteiger partial charge in [0.05, 0.1) is 12.2 Å². The van der Waals surface area contributed by atoms with Gasteiger partial charge in [-0.2, -0.15) is 0 Å². The molecule has 0 aromatic heterocycles. The molecule has 1 saturated heterocycles. The Balaban J connectivity index is 2.04. The second-order valence-corrected chi connectivity index (χ2v) is 3.86. The fourth-order valence-corrected chi connectivity index (χ4v) is 1.63. The number of cyclic esters (lactones) is 1. The van der Waals surface area contributed by atoms with Gasteiger partial charge in [-0.05, 0) is 24.3 Å². The van der Waals surface area contributed by atoms with Crippen molar-refractivity contribution in [2.75, 3.05) is 6.61 Å². The number of carbonyl (C=O) groups excluding carboxylic acids is 2. The number of nitrogens with one attached hydrogen (secondary N) is 1. The predicted molar refractivity (Wildman–Crippen MR) is 60.2 cm³/mol. The number of ether oxygens (including phenoxy) is 1. The van der Waals surface area contributed by atoms with E-state index in [1.54, 1.807) is 0 Å². The Bertz CT molecular complexity index is 494. The van der Waals surface area contributed by atoms with E-state index in [-0.39, 0.29) is 5.56 Å². The summed E-state index contributed by atoms with van der Waals surface area (Å²) in [6.45, 7) is 0.307. The van der Waals surface area contributed by atoms with Crippen LogP contribution in [0, 0.1) is 0 Å². The number of aromatic carboxylic acids is 1. The number of esters is 1. The standard InChI is InChI=1S/C12H11NO5/c14-10(13-9-5-6-18-12(9)17)7-1-3-8(4-2-7)11(15)16/h1-4,9H,5-6H2,(H,13,14)(H,15,16). The monoisotopic (exact) mass is 249 g/mol. The highest BCUT2D eigenvalue weighted by molar-refractivity contribution is 5.98. The van der Waals surface area contributed by atoms with Crippen LogP contribution in [0.1, 0.15) is 27.1 Å². The predicted octanol–water partition coefficient (Wildman–Crippen LogP) is 0.430. The maximum Gasteiger partial charge on any atom is 0.335 e. The molecule has 94 valence electrons. The van der Waals surface area contributed by atoms with Gasteiger partial charge in [0.25, 0.3) is 5.91 Å². The number of carbonyl (C=O) groups is 3. The van der Waals surface area contributed by atoms with E-state index in [0.29, 0.717) is 18.6 Å². The Morgan fingerprint density at radius 1 is 1.22 bits per heavy atom. The number of hydrogen-bond acceptors (Lipinski definition) is 4. The molecule has 1 amide bonds. The van der Waals surface area contributed by atoms with Crippen molar-refractivity contribution in [2.24, 2.45) is 0 Å². The SMILES string of the molecule is O=C(O)c1ccc(C(=O)NC2CCOC2=O)cc1. The molecule has 0 bridgehead atoms. The lowest BCUT2D eigenvalue weighted by Gasteiger charge is -2.08. The summed E-state index contributed by atoms with van der Waals surface area (Å²) in [6.07, 6.45) is 0.456. The maximum atomic E-state index is 11.8. The van der Waals surface area contributed by atoms with E-state index in [1.165, 1.54) is 24.3 Å². The molecule has 1 aromatic carbocycles. The minimum atomic E-state index is -1.05. The topological polar surface area (TPSA) is 92.7 Å². The Morgan fingerprint density at radius 2 is 1.83 bits per heavy atom. The average Bonchev–Trinajstić information content (AvgIpc) is 2.75. The van der Waals surface area contributed by atoms with Gasteiger partial charge in [0.1, 0.15) is 6.04 Å². The molecule has 0 radical (unpaired) electrons. The molecule has 1 fully saturated rings. The molecule has 0 aliphatic carbocycles. The largest absolute Gasteiger partial charge is 0.478 e. The van der Waals surface area contributed by atoms with Crippen molar-refractivity contribution in [3.05, 3.63) is 35.4 Å². The smallest absolute Gasteiger partial charge is 0.335 e. The lowest BCUT2D eigenvalue weighted by molar-refractivity contribution is -0.139. The fourth-order valence-electron chi connectivity index (χ4n) is 1.63. The van der Waals surface area contributed by atoms with E-state index in [9.17, 15) is 14.4 Å². The third-order valence-corrected chi connectivity index (χ3v) is 2.63. The van der Waals surface area contributed by atoms with Gasteiger partial charge in [0.2, 0.25) is 0 Å². The molecule has 1 aliphatic heterocycles. The number of benzene rings is 1. The summed E-state index contributed by atoms with van der Waals surface area (Å²) in [5.41, 5.74) is 0.409. The van der Waals surface area contributed by atoms with E-state index < -0.39 is 23.9 Å². The summed E-state index contributed by atoms with van der Waals surface area (Å²) in [6, 6.07) is 4.86. The van der Waals surface area contributed by atoms with Gasteiger partial charge in [-0.25, -0.2) is 9.59 Å². The molecule has 1 heterocycles. The summed E-state index contributed by atoms with van der Waals surface area (Å²) in [7, 11) is 0. The molecule has 2 rings (SSSR count). The fraction of sp³-hybridized carbons (Fsp3) is 0.250. The van der Waals surface area contributed by atoms with Crippen LogP contribution in [0.25, 0.3) is 0 Å². The zero-order valence-corrected chi connectivity index (χ0v) is 9.38. The highest BCUT2D eigenvalue weighted by Crippen LogP contribution is 2.09. The van der Waals surface area contributed by atoms with Gasteiger partial charge in [0.15, 0.2) is 0 Å². The molecule has 18 heavy (non-hydrogen) atoms. The van der Waals surface area contributed by atoms with E-state index in [0.717, 1.165) is 0 Å². The maximum absolute atomic E-state index is 11.8. The highest BCUT2D eigenvalue weighted by atomic mass is 16.5. The normalized spacial score (nSPS) is 18.2. The molecule has 1 aliphatic rings. The van der Waals surface area contributed by atoms with Crippen LogP contribution in [0.2, 0.25) is 0 Å². The van der Waals surface area contributed by atoms with E-state index in [4.69, 9.17) is 9.84 Å². The van der Waals surface area contributed by atoms with Crippen molar-refractivity contribution >= 4 is 17.8 Å². The van der Waals surface area contributed by atoms with Crippen LogP contribution in [-0.2, 0) is 9.53 Å². The van der Waals surface area contributed by atoms with Crippen LogP contribution in [0.5, 0.6) is 0 Å². The third-order valence-electron chi connectivity index (χ3n) is 2.63. The first-order chi connectivity index (χ1) is 8.58. The van der Waals surface area contributed by atoms with Crippen LogP contribution < -0.4 is 5.32 Å². The van der Waals surface area contributed by atoms with Gasteiger partial charge in [-0.1, -0.05) is 0 Å². The molecule has 2 N–H and O–H groups in total. The molecular formula is C12H11NO5. The average molecular weight is 249 g/mol. The van der Waals surface area contributed by atoms with Gasteiger partial charge in [0, 0.05) is 12.0 Å². The lowest BCUT2D eigenvalue weighted by atomic mass is 10.1. The Morgan fingerprint density at radius 3 is 2.33 bits per heavy atom. The van der Waals surface area contributed by atoms with Crippen molar-refractivity contribution in [1.82, 2.24) is 5.32 Å². The number of carboxylic acid groups (broad SMARTS) is 1. The Hall–Kier alpha value is -2.37. The Labute approximate surface area is 103 Å². The second kappa shape index (κ2) is 4.87. The Kier molecular flexibility index (Phi) is 3.27. The summed E-state index contributed by atoms with van der Waals surface area (Å²) in [5.74, 6) is -1.91. The van der Waals surface area contributed by atoms with Crippen molar-refractivity contribution in [1.29, 1.82) is 0 Å². The van der Waals surface area contributed by atoms with Gasteiger partial charge in [-0.3, -0.25) is 4.79 Å². The van der Waals surface area contributed by atoms with E-state index in [2.05, 4.69) is 5.32 Å². The van der Waals surface area contributed by atoms with Crippen LogP contribution in [-0.4, -0.2) is 35.6 Å². The van der Waals surface area contributed by atoms with Crippen LogP contribution in [0.15, 0.2) is 24.3 Å². The van der Waals surface area contributed by atoms with Crippen molar-refractivity contribution in [2.45, 2.75) is 12.5 Å². The quantitative estimate of drug-likeness (QED) is 0.758. The highest BCUT2D eigenvalue weighted by Gasteiger charge is 2.28. The number of rotatable bonds is 3. The summed E-state index contributed by atoms with van der Waals surface area (Å²) in [4.78, 5) is 33.6. The summed E-state index contributed by atoms with van der Waals surface area (Å²) in [5, 5.41) is 11.2. The second-order valence-electron chi connectivity index (χ2n) is 3.86. The number of hydrogen-bond donors (Lipinski definition) is 2. The zero-order valence-electron chi connectivity index (χ0n) is 9.38. The van der Waals surface area contributed by atoms with Gasteiger partial charge < -0.3 is 15.2 Å². The summed E-state index contributed by atoms with van der Waals surface area (Å²) >= 11 is 0. The molecule has 1 unspecified atom stereocenters. The van der Waals surface area contributed by atoms with E-state index in [1.807, 2.05) is 0 Å². The lowest BCUT2D eigenvalue weighted by Crippen LogP contribution is -2.37. The molecular weight excluding hydrogens is 238 g/mol. The number of carboxylic acids is 1. The van der Waals surface area contributed by atoms with E-state index >= 15 is 0 Å². The minimum Gasteiger partial charge on any atom is -0.478 e. The van der Waals surface area contributed by atoms with Crippen molar-refractivity contribution in [3.63, 3.8) is 0 Å². The molecule has 1 aromatic rings. The van der Waals surface area contributed by atoms with Gasteiger partial charge in [-0.15, -0.1) is 0 Å². The zero-order chi connectivity index (χ0) is 13.1. The summed E-state index contributed by atoms with van der Waals surface area (Å²) < 4.78 is 4.72. The van der Waals surface area contributed by atoms with Crippen LogP contribution in [0.3, 0.4) is 0 Å².